The van der Waals surface area contributed by atoms with Gasteiger partial charge in [-0.25, -0.2) is 4.98 Å². The maximum absolute atomic E-state index is 12.2. The predicted molar refractivity (Wildman–Crippen MR) is 100 cm³/mol. The van der Waals surface area contributed by atoms with Gasteiger partial charge in [0.1, 0.15) is 5.82 Å². The number of fused-ring (bicyclic) bond motifs is 1. The van der Waals surface area contributed by atoms with E-state index in [1.165, 1.54) is 22.7 Å². The van der Waals surface area contributed by atoms with Crippen molar-refractivity contribution in [3.05, 3.63) is 82.3 Å². The third kappa shape index (κ3) is 4.36. The van der Waals surface area contributed by atoms with Crippen LogP contribution < -0.4 is 5.56 Å². The van der Waals surface area contributed by atoms with Gasteiger partial charge in [0.05, 0.1) is 17.4 Å². The molecule has 0 saturated carbocycles. The highest BCUT2D eigenvalue weighted by atomic mass is 32.2. The molecule has 1 amide bonds. The van der Waals surface area contributed by atoms with E-state index >= 15 is 0 Å². The van der Waals surface area contributed by atoms with Crippen LogP contribution in [0, 0.1) is 0 Å². The number of nitrogens with zero attached hydrogens (tertiary/aromatic N) is 2. The lowest BCUT2D eigenvalue weighted by Gasteiger charge is -2.14. The van der Waals surface area contributed by atoms with Crippen LogP contribution in [0.25, 0.3) is 10.9 Å². The molecule has 0 bridgehead atoms. The van der Waals surface area contributed by atoms with Crippen molar-refractivity contribution in [2.75, 3.05) is 7.05 Å². The molecule has 5 nitrogen and oxygen atoms in total. The Hall–Kier alpha value is -2.86. The summed E-state index contributed by atoms with van der Waals surface area (Å²) in [6.45, 7) is 0.235. The first-order chi connectivity index (χ1) is 12.1. The number of aromatic amines is 1. The molecule has 0 radical (unpaired) electrons. The minimum atomic E-state index is -0.198. The van der Waals surface area contributed by atoms with Gasteiger partial charge in [-0.05, 0) is 29.7 Å². The molecule has 0 fully saturated rings. The summed E-state index contributed by atoms with van der Waals surface area (Å²) in [6.07, 6.45) is 1.51. The fraction of sp³-hybridized carbons (Fsp3) is 0.105. The molecule has 1 aromatic heterocycles. The molecule has 0 aliphatic carbocycles. The molecule has 3 aromatic rings. The maximum Gasteiger partial charge on any atom is 0.258 e. The summed E-state index contributed by atoms with van der Waals surface area (Å²) in [5, 5.41) is 2.30. The minimum absolute atomic E-state index is 0.153. The van der Waals surface area contributed by atoms with E-state index in [4.69, 9.17) is 0 Å². The number of nitrogens with one attached hydrogen (secondary N) is 1. The van der Waals surface area contributed by atoms with Gasteiger partial charge in [-0.3, -0.25) is 9.59 Å². The highest BCUT2D eigenvalue weighted by Crippen LogP contribution is 2.18. The summed E-state index contributed by atoms with van der Waals surface area (Å²) >= 11 is 1.48. The van der Waals surface area contributed by atoms with E-state index in [0.717, 1.165) is 4.90 Å². The Balaban J connectivity index is 1.66. The smallest absolute Gasteiger partial charge is 0.258 e. The molecule has 25 heavy (non-hydrogen) atoms. The lowest BCUT2D eigenvalue weighted by molar-refractivity contribution is -0.125. The van der Waals surface area contributed by atoms with Crippen LogP contribution in [0.1, 0.15) is 5.82 Å². The molecule has 1 heterocycles. The number of H-pyrrole nitrogens is 1. The average Bonchev–Trinajstić information content (AvgIpc) is 2.62. The average molecular weight is 351 g/mol. The zero-order valence-corrected chi connectivity index (χ0v) is 14.5. The highest BCUT2D eigenvalue weighted by Gasteiger charge is 2.09. The molecule has 0 spiro atoms. The van der Waals surface area contributed by atoms with Gasteiger partial charge in [0.25, 0.3) is 5.56 Å². The molecular weight excluding hydrogens is 334 g/mol. The van der Waals surface area contributed by atoms with E-state index < -0.39 is 0 Å². The molecule has 0 unspecified atom stereocenters. The Morgan fingerprint density at radius 3 is 2.68 bits per heavy atom. The second-order valence-corrected chi connectivity index (χ2v) is 6.44. The fourth-order valence-corrected chi connectivity index (χ4v) is 2.97. The van der Waals surface area contributed by atoms with Gasteiger partial charge in [0.2, 0.25) is 5.91 Å². The minimum Gasteiger partial charge on any atom is -0.335 e. The molecule has 6 heteroatoms. The second-order valence-electron chi connectivity index (χ2n) is 5.46. The van der Waals surface area contributed by atoms with Crippen molar-refractivity contribution in [2.45, 2.75) is 11.4 Å². The van der Waals surface area contributed by atoms with E-state index in [2.05, 4.69) is 9.97 Å². The normalized spacial score (nSPS) is 11.1. The zero-order valence-electron chi connectivity index (χ0n) is 13.7. The van der Waals surface area contributed by atoms with Gasteiger partial charge in [-0.2, -0.15) is 0 Å². The van der Waals surface area contributed by atoms with Gasteiger partial charge >= 0.3 is 0 Å². The molecule has 2 aromatic carbocycles. The van der Waals surface area contributed by atoms with Crippen LogP contribution in [0.15, 0.2) is 75.8 Å². The second kappa shape index (κ2) is 7.81. The Morgan fingerprint density at radius 1 is 1.16 bits per heavy atom. The maximum atomic E-state index is 12.2. The number of carbonyl (C=O) groups excluding carboxylic acids is 1. The largest absolute Gasteiger partial charge is 0.335 e. The van der Waals surface area contributed by atoms with Crippen molar-refractivity contribution in [1.29, 1.82) is 0 Å². The molecule has 0 saturated heterocycles. The Bertz CT molecular complexity index is 967. The van der Waals surface area contributed by atoms with Crippen molar-refractivity contribution in [2.24, 2.45) is 0 Å². The van der Waals surface area contributed by atoms with E-state index in [9.17, 15) is 9.59 Å². The van der Waals surface area contributed by atoms with Gasteiger partial charge in [-0.1, -0.05) is 42.1 Å². The number of hydrogen-bond acceptors (Lipinski definition) is 4. The molecule has 126 valence electrons. The number of rotatable bonds is 5. The first-order valence-electron chi connectivity index (χ1n) is 7.75. The summed E-state index contributed by atoms with van der Waals surface area (Å²) in [4.78, 5) is 34.0. The monoisotopic (exact) mass is 351 g/mol. The molecule has 0 aliphatic heterocycles. The zero-order chi connectivity index (χ0) is 17.6. The lowest BCUT2D eigenvalue weighted by Crippen LogP contribution is -2.26. The number of amides is 1. The number of likely N-dealkylation sites (N-methyl/N-ethyl adjacent to an activating group) is 1. The number of thioether (sulfide) groups is 1. The summed E-state index contributed by atoms with van der Waals surface area (Å²) in [5.74, 6) is 0.308. The van der Waals surface area contributed by atoms with E-state index in [1.54, 1.807) is 30.7 Å². The topological polar surface area (TPSA) is 66.1 Å². The van der Waals surface area contributed by atoms with Crippen LogP contribution in [-0.2, 0) is 11.3 Å². The van der Waals surface area contributed by atoms with Crippen LogP contribution in [0.4, 0.5) is 0 Å². The molecule has 1 N–H and O–H groups in total. The predicted octanol–water partition coefficient (Wildman–Crippen LogP) is 3.19. The number of benzene rings is 2. The number of hydrogen-bond donors (Lipinski definition) is 1. The fourth-order valence-electron chi connectivity index (χ4n) is 2.31. The Kier molecular flexibility index (Phi) is 5.30. The van der Waals surface area contributed by atoms with Crippen molar-refractivity contribution in [3.63, 3.8) is 0 Å². The van der Waals surface area contributed by atoms with E-state index in [0.29, 0.717) is 16.7 Å². The van der Waals surface area contributed by atoms with Gasteiger partial charge < -0.3 is 9.88 Å². The van der Waals surface area contributed by atoms with Crippen molar-refractivity contribution < 1.29 is 4.79 Å². The summed E-state index contributed by atoms with van der Waals surface area (Å²) in [5.41, 5.74) is 0.425. The number of para-hydroxylation sites is 1. The molecular formula is C19H17N3O2S. The van der Waals surface area contributed by atoms with Crippen LogP contribution >= 0.6 is 11.8 Å². The first kappa shape index (κ1) is 17.0. The van der Waals surface area contributed by atoms with E-state index in [1.807, 2.05) is 36.4 Å². The Labute approximate surface area is 149 Å². The highest BCUT2D eigenvalue weighted by molar-refractivity contribution is 8.02. The summed E-state index contributed by atoms with van der Waals surface area (Å²) < 4.78 is 0. The third-order valence-electron chi connectivity index (χ3n) is 3.58. The summed E-state index contributed by atoms with van der Waals surface area (Å²) in [7, 11) is 1.68. The third-order valence-corrected chi connectivity index (χ3v) is 4.40. The van der Waals surface area contributed by atoms with Crippen LogP contribution in [-0.4, -0.2) is 27.8 Å². The Morgan fingerprint density at radius 2 is 1.88 bits per heavy atom. The standard InChI is InChI=1S/C19H17N3O2S/c1-22(18(23)11-12-25-14-7-3-2-4-8-14)13-17-20-16-10-6-5-9-15(16)19(24)21-17/h2-12H,13H2,1H3,(H,20,21,24). The lowest BCUT2D eigenvalue weighted by atomic mass is 10.2. The van der Waals surface area contributed by atoms with Crippen molar-refractivity contribution >= 4 is 28.6 Å². The van der Waals surface area contributed by atoms with Gasteiger partial charge in [0, 0.05) is 18.0 Å². The number of aromatic nitrogens is 2. The van der Waals surface area contributed by atoms with E-state index in [-0.39, 0.29) is 18.0 Å². The van der Waals surface area contributed by atoms with Crippen molar-refractivity contribution in [3.8, 4) is 0 Å². The van der Waals surface area contributed by atoms with Gasteiger partial charge in [-0.15, -0.1) is 0 Å². The van der Waals surface area contributed by atoms with Crippen LogP contribution in [0.5, 0.6) is 0 Å². The quantitative estimate of drug-likeness (QED) is 0.566. The molecule has 0 atom stereocenters. The van der Waals surface area contributed by atoms with Crippen LogP contribution in [0.3, 0.4) is 0 Å². The van der Waals surface area contributed by atoms with Crippen molar-refractivity contribution in [1.82, 2.24) is 14.9 Å². The molecule has 3 rings (SSSR count). The van der Waals surface area contributed by atoms with Gasteiger partial charge in [0.15, 0.2) is 0 Å². The SMILES string of the molecule is CN(Cc1nc2ccccc2c(=O)[nH]1)C(=O)C=CSc1ccccc1. The number of carbonyl (C=O) groups is 1. The van der Waals surface area contributed by atoms with Crippen LogP contribution in [0.2, 0.25) is 0 Å². The summed E-state index contributed by atoms with van der Waals surface area (Å²) in [6, 6.07) is 16.9. The molecule has 0 aliphatic rings. The first-order valence-corrected chi connectivity index (χ1v) is 8.63.